The van der Waals surface area contributed by atoms with Crippen LogP contribution in [0.25, 0.3) is 0 Å². The minimum absolute atomic E-state index is 0.0573. The van der Waals surface area contributed by atoms with Gasteiger partial charge in [0, 0.05) is 31.8 Å². The molecule has 1 aliphatic carbocycles. The fraction of sp³-hybridized carbons (Fsp3) is 0.676. The number of carbonyl (C=O) groups excluding carboxylic acids is 1. The summed E-state index contributed by atoms with van der Waals surface area (Å²) in [5, 5.41) is 54.4. The van der Waals surface area contributed by atoms with Crippen molar-refractivity contribution < 1.29 is 49.3 Å². The highest BCUT2D eigenvalue weighted by molar-refractivity contribution is 5.82. The monoisotopic (exact) mass is 633 g/mol. The van der Waals surface area contributed by atoms with Gasteiger partial charge in [-0.15, -0.1) is 0 Å². The minimum atomic E-state index is -1.32. The van der Waals surface area contributed by atoms with Gasteiger partial charge in [0.2, 0.25) is 0 Å². The quantitative estimate of drug-likeness (QED) is 0.192. The summed E-state index contributed by atoms with van der Waals surface area (Å²) < 4.78 is 23.0. The van der Waals surface area contributed by atoms with Crippen LogP contribution in [0.2, 0.25) is 0 Å². The van der Waals surface area contributed by atoms with E-state index >= 15 is 0 Å². The molecule has 2 saturated heterocycles. The van der Waals surface area contributed by atoms with Crippen LogP contribution in [0.1, 0.15) is 59.3 Å². The van der Waals surface area contributed by atoms with Gasteiger partial charge in [0.1, 0.15) is 18.3 Å². The Morgan fingerprint density at radius 1 is 0.889 bits per heavy atom. The molecule has 3 heterocycles. The maximum Gasteiger partial charge on any atom is 0.330 e. The fourth-order valence-corrected chi connectivity index (χ4v) is 6.50. The van der Waals surface area contributed by atoms with Crippen molar-refractivity contribution in [3.05, 3.63) is 60.8 Å². The lowest BCUT2D eigenvalue weighted by atomic mass is 9.67. The van der Waals surface area contributed by atoms with Crippen molar-refractivity contribution in [1.29, 1.82) is 0 Å². The van der Waals surface area contributed by atoms with E-state index in [4.69, 9.17) is 24.7 Å². The van der Waals surface area contributed by atoms with E-state index in [1.807, 2.05) is 62.5 Å². The molecule has 0 aromatic rings. The Labute approximate surface area is 265 Å². The van der Waals surface area contributed by atoms with Crippen molar-refractivity contribution in [3.8, 4) is 0 Å². The first-order valence-corrected chi connectivity index (χ1v) is 16.1. The van der Waals surface area contributed by atoms with Crippen molar-refractivity contribution >= 4 is 5.97 Å². The summed E-state index contributed by atoms with van der Waals surface area (Å²) in [6, 6.07) is -0.946. The normalized spacial score (nSPS) is 48.9. The zero-order valence-electron chi connectivity index (χ0n) is 26.4. The minimum Gasteiger partial charge on any atom is -0.459 e. The number of hydrogen-bond acceptors (Lipinski definition) is 11. The number of ether oxygens (including phenoxy) is 4. The third-order valence-corrected chi connectivity index (χ3v) is 9.29. The first-order valence-electron chi connectivity index (χ1n) is 16.1. The predicted molar refractivity (Wildman–Crippen MR) is 166 cm³/mol. The van der Waals surface area contributed by atoms with Crippen LogP contribution >= 0.6 is 0 Å². The predicted octanol–water partition coefficient (Wildman–Crippen LogP) is 1.72. The van der Waals surface area contributed by atoms with Crippen LogP contribution in [-0.4, -0.2) is 104 Å². The molecule has 7 N–H and O–H groups in total. The molecule has 0 amide bonds. The molecule has 2 bridgehead atoms. The van der Waals surface area contributed by atoms with Crippen molar-refractivity contribution in [3.63, 3.8) is 0 Å². The molecule has 0 spiro atoms. The number of epoxide rings is 1. The zero-order chi connectivity index (χ0) is 32.7. The summed E-state index contributed by atoms with van der Waals surface area (Å²) in [4.78, 5) is 12.2. The van der Waals surface area contributed by atoms with E-state index in [9.17, 15) is 30.3 Å². The second-order valence-corrected chi connectivity index (χ2v) is 13.2. The van der Waals surface area contributed by atoms with Crippen molar-refractivity contribution in [2.75, 3.05) is 0 Å². The Hall–Kier alpha value is -2.19. The summed E-state index contributed by atoms with van der Waals surface area (Å²) in [6.07, 6.45) is 12.3. The van der Waals surface area contributed by atoms with Gasteiger partial charge >= 0.3 is 5.97 Å². The van der Waals surface area contributed by atoms with Gasteiger partial charge in [0.05, 0.1) is 48.3 Å². The highest BCUT2D eigenvalue weighted by Gasteiger charge is 2.47. The van der Waals surface area contributed by atoms with Gasteiger partial charge in [-0.3, -0.25) is 0 Å². The Bertz CT molecular complexity index is 1120. The molecule has 0 aromatic heterocycles. The Kier molecular flexibility index (Phi) is 12.7. The lowest BCUT2D eigenvalue weighted by Crippen LogP contribution is -2.61. The Morgan fingerprint density at radius 3 is 2.36 bits per heavy atom. The number of aliphatic hydroxyl groups is 5. The summed E-state index contributed by atoms with van der Waals surface area (Å²) >= 11 is 0. The molecule has 0 aromatic carbocycles. The number of esters is 1. The number of nitrogens with two attached hydrogens (primary N) is 1. The third kappa shape index (κ3) is 10.4. The van der Waals surface area contributed by atoms with Crippen LogP contribution in [0.5, 0.6) is 0 Å². The van der Waals surface area contributed by atoms with E-state index in [-0.39, 0.29) is 49.4 Å². The lowest BCUT2D eigenvalue weighted by molar-refractivity contribution is -0.277. The van der Waals surface area contributed by atoms with Crippen LogP contribution in [0, 0.1) is 11.8 Å². The molecule has 3 fully saturated rings. The Morgan fingerprint density at radius 2 is 1.60 bits per heavy atom. The van der Waals surface area contributed by atoms with E-state index < -0.39 is 60.5 Å². The molecule has 45 heavy (non-hydrogen) atoms. The molecule has 0 radical (unpaired) electrons. The topological polar surface area (TPSA) is 184 Å². The average Bonchev–Trinajstić information content (AvgIpc) is 3.71. The van der Waals surface area contributed by atoms with Gasteiger partial charge in [-0.25, -0.2) is 4.79 Å². The van der Waals surface area contributed by atoms with Crippen molar-refractivity contribution in [2.24, 2.45) is 17.6 Å². The van der Waals surface area contributed by atoms with Crippen LogP contribution in [0.15, 0.2) is 60.8 Å². The van der Waals surface area contributed by atoms with Gasteiger partial charge in [0.15, 0.2) is 6.29 Å². The van der Waals surface area contributed by atoms with Gasteiger partial charge in [-0.05, 0) is 44.6 Å². The molecular weight excluding hydrogens is 582 g/mol. The molecule has 252 valence electrons. The number of fused-ring (bicyclic) bond motifs is 3. The van der Waals surface area contributed by atoms with Crippen molar-refractivity contribution in [1.82, 2.24) is 0 Å². The number of carbonyl (C=O) groups is 1. The molecule has 4 rings (SSSR count). The molecule has 4 aliphatic rings. The lowest BCUT2D eigenvalue weighted by Gasteiger charge is -2.45. The second-order valence-electron chi connectivity index (χ2n) is 13.2. The Balaban J connectivity index is 1.53. The second kappa shape index (κ2) is 16.1. The van der Waals surface area contributed by atoms with E-state index in [1.54, 1.807) is 13.0 Å². The number of cyclic esters (lactones) is 1. The van der Waals surface area contributed by atoms with Crippen LogP contribution in [0.4, 0.5) is 0 Å². The van der Waals surface area contributed by atoms with Gasteiger partial charge in [-0.2, -0.15) is 0 Å². The third-order valence-electron chi connectivity index (χ3n) is 9.29. The van der Waals surface area contributed by atoms with Crippen LogP contribution in [0.3, 0.4) is 0 Å². The average molecular weight is 634 g/mol. The fourth-order valence-electron chi connectivity index (χ4n) is 6.50. The molecule has 11 nitrogen and oxygen atoms in total. The number of aliphatic hydroxyl groups excluding tert-OH is 4. The van der Waals surface area contributed by atoms with E-state index in [0.717, 1.165) is 0 Å². The van der Waals surface area contributed by atoms with Crippen LogP contribution in [-0.2, 0) is 23.7 Å². The van der Waals surface area contributed by atoms with Gasteiger partial charge < -0.3 is 50.2 Å². The molecule has 1 saturated carbocycles. The van der Waals surface area contributed by atoms with Crippen LogP contribution < -0.4 is 5.73 Å². The summed E-state index contributed by atoms with van der Waals surface area (Å²) in [7, 11) is 0. The smallest absolute Gasteiger partial charge is 0.330 e. The first-order chi connectivity index (χ1) is 21.3. The highest BCUT2D eigenvalue weighted by atomic mass is 16.7. The van der Waals surface area contributed by atoms with Gasteiger partial charge in [-0.1, -0.05) is 55.5 Å². The molecule has 11 heteroatoms. The molecule has 3 aliphatic heterocycles. The van der Waals surface area contributed by atoms with Crippen molar-refractivity contribution in [2.45, 2.75) is 132 Å². The standard InChI is InChI=1S/C34H51NO10/c1-20-11-9-7-5-4-6-8-10-12-25(44-33-32(40)30(35)31(39)22(3)43-33)15-23-17-34(41,19-26(37)21(23)2)18-24(36)16-28-27(45-28)13-14-29(38)42-20/h4-10,12-14,20-28,30-33,36-37,39-41H,11,15-19,35H2,1-3H3/b5-4+,8-6+,9-7+,12-10+,14-13+/t20-,21+,22?,23-,24?,25+,26?,27?,28-,30?,31-,32?,33+,34+/m1/s1. The number of rotatable bonds is 2. The summed E-state index contributed by atoms with van der Waals surface area (Å²) in [5.41, 5.74) is 4.72. The SMILES string of the molecule is CC1O[C@@H](O[C@H]2/C=C/C=C/C=C/C=C/C[C@@H](C)OC(=O)/C=C/C3O[C@@H]3CC(O)C[C@]3(O)CC(O)[C@@H](C)[C@H](C2)C3)C(O)C(N)[C@@H]1O. The number of hydrogen-bond donors (Lipinski definition) is 6. The highest BCUT2D eigenvalue weighted by Crippen LogP contribution is 2.43. The molecular formula is C34H51NO10. The number of allylic oxidation sites excluding steroid dienone is 6. The summed E-state index contributed by atoms with van der Waals surface area (Å²) in [6.45, 7) is 5.41. The maximum atomic E-state index is 12.2. The van der Waals surface area contributed by atoms with Gasteiger partial charge in [0.25, 0.3) is 0 Å². The molecule has 6 unspecified atom stereocenters. The first kappa shape index (κ1) is 35.7. The van der Waals surface area contributed by atoms with E-state index in [1.165, 1.54) is 6.08 Å². The van der Waals surface area contributed by atoms with E-state index in [0.29, 0.717) is 19.3 Å². The maximum absolute atomic E-state index is 12.2. The molecule has 14 atom stereocenters. The van der Waals surface area contributed by atoms with E-state index in [2.05, 4.69) is 0 Å². The summed E-state index contributed by atoms with van der Waals surface area (Å²) in [5.74, 6) is -0.827. The largest absolute Gasteiger partial charge is 0.459 e. The zero-order valence-corrected chi connectivity index (χ0v) is 26.4.